The number of halogens is 1. The molecule has 6 rings (SSSR count). The molecule has 0 unspecified atom stereocenters. The molecule has 52 heavy (non-hydrogen) atoms. The van der Waals surface area contributed by atoms with Crippen LogP contribution in [0.1, 0.15) is 71.4 Å². The molecule has 1 atom stereocenters. The smallest absolute Gasteiger partial charge is 0.265 e. The molecule has 0 spiro atoms. The summed E-state index contributed by atoms with van der Waals surface area (Å²) in [7, 11) is -4.26. The summed E-state index contributed by atoms with van der Waals surface area (Å²) >= 11 is 3.61. The number of nitrogens with one attached hydrogen (secondary N) is 1. The van der Waals surface area contributed by atoms with Gasteiger partial charge in [-0.3, -0.25) is 9.59 Å². The molecule has 1 aliphatic heterocycles. The van der Waals surface area contributed by atoms with Crippen molar-refractivity contribution in [2.24, 2.45) is 0 Å². The molecule has 0 aliphatic carbocycles. The van der Waals surface area contributed by atoms with Gasteiger partial charge in [0.25, 0.3) is 21.8 Å². The number of aromatic nitrogens is 2. The third kappa shape index (κ3) is 8.04. The number of carbonyl (C=O) groups excluding carboxylic acids is 2. The van der Waals surface area contributed by atoms with Crippen molar-refractivity contribution < 1.29 is 23.1 Å². The van der Waals surface area contributed by atoms with E-state index in [1.165, 1.54) is 24.3 Å². The minimum Gasteiger partial charge on any atom is -0.394 e. The minimum atomic E-state index is -4.26. The van der Waals surface area contributed by atoms with Crippen LogP contribution in [-0.2, 0) is 23.0 Å². The Labute approximate surface area is 313 Å². The van der Waals surface area contributed by atoms with Gasteiger partial charge in [-0.05, 0) is 81.4 Å². The van der Waals surface area contributed by atoms with Gasteiger partial charge in [0.15, 0.2) is 0 Å². The summed E-state index contributed by atoms with van der Waals surface area (Å²) in [6.45, 7) is 5.81. The quantitative estimate of drug-likeness (QED) is 0.129. The normalized spacial score (nSPS) is 14.2. The number of sulfonamides is 1. The maximum absolute atomic E-state index is 14.7. The van der Waals surface area contributed by atoms with E-state index in [1.807, 2.05) is 42.5 Å². The van der Waals surface area contributed by atoms with Crippen molar-refractivity contribution in [3.05, 3.63) is 118 Å². The van der Waals surface area contributed by atoms with E-state index in [0.717, 1.165) is 55.3 Å². The van der Waals surface area contributed by atoms with Gasteiger partial charge in [-0.15, -0.1) is 0 Å². The Bertz CT molecular complexity index is 2200. The van der Waals surface area contributed by atoms with Crippen molar-refractivity contribution in [1.29, 1.82) is 0 Å². The standard InChI is InChI=1S/C40H42BrN5O5S/c1-3-5-19-45(20-6-4-2)40-42-24-36(41)37(43-40)34-18-16-30(38(48)44-52(50,51)33-17-15-27-11-7-8-13-29(27)22-33)23-35(34)39(49)46-25-31-14-10-9-12-28(31)21-32(46)26-47/h7-18,22-24,32,47H,3-6,19-21,25-26H2,1-2H3,(H,44,48)/t32-/m0/s1. The van der Waals surface area contributed by atoms with Gasteiger partial charge >= 0.3 is 0 Å². The number of unbranched alkanes of at least 4 members (excludes halogenated alkanes) is 2. The Kier molecular flexibility index (Phi) is 11.7. The molecule has 0 radical (unpaired) electrons. The van der Waals surface area contributed by atoms with E-state index in [0.29, 0.717) is 33.5 Å². The van der Waals surface area contributed by atoms with Gasteiger partial charge in [-0.1, -0.05) is 87.4 Å². The first-order valence-electron chi connectivity index (χ1n) is 17.6. The van der Waals surface area contributed by atoms with Crippen molar-refractivity contribution in [3.63, 3.8) is 0 Å². The average molecular weight is 785 g/mol. The largest absolute Gasteiger partial charge is 0.394 e. The molecule has 0 saturated heterocycles. The molecule has 2 N–H and O–H groups in total. The second-order valence-electron chi connectivity index (χ2n) is 13.0. The van der Waals surface area contributed by atoms with Gasteiger partial charge in [0.1, 0.15) is 0 Å². The summed E-state index contributed by atoms with van der Waals surface area (Å²) in [5.74, 6) is -0.775. The van der Waals surface area contributed by atoms with E-state index in [1.54, 1.807) is 29.3 Å². The summed E-state index contributed by atoms with van der Waals surface area (Å²) in [5, 5.41) is 12.0. The second-order valence-corrected chi connectivity index (χ2v) is 15.5. The molecule has 0 bridgehead atoms. The zero-order chi connectivity index (χ0) is 36.8. The second kappa shape index (κ2) is 16.4. The maximum atomic E-state index is 14.7. The van der Waals surface area contributed by atoms with Gasteiger partial charge < -0.3 is 14.9 Å². The van der Waals surface area contributed by atoms with Crippen LogP contribution in [0.2, 0.25) is 0 Å². The molecule has 1 aliphatic rings. The van der Waals surface area contributed by atoms with Crippen LogP contribution in [0.4, 0.5) is 5.95 Å². The van der Waals surface area contributed by atoms with Crippen LogP contribution in [0.3, 0.4) is 0 Å². The Balaban J connectivity index is 1.41. The highest BCUT2D eigenvalue weighted by Crippen LogP contribution is 2.34. The maximum Gasteiger partial charge on any atom is 0.265 e. The molecular weight excluding hydrogens is 742 g/mol. The van der Waals surface area contributed by atoms with Crippen molar-refractivity contribution in [1.82, 2.24) is 19.6 Å². The van der Waals surface area contributed by atoms with Crippen molar-refractivity contribution in [2.75, 3.05) is 24.6 Å². The predicted molar refractivity (Wildman–Crippen MR) is 207 cm³/mol. The molecule has 2 heterocycles. The van der Waals surface area contributed by atoms with Crippen LogP contribution in [0.25, 0.3) is 22.0 Å². The zero-order valence-electron chi connectivity index (χ0n) is 29.3. The Morgan fingerprint density at radius 1 is 0.923 bits per heavy atom. The SMILES string of the molecule is CCCCN(CCCC)c1ncc(Br)c(-c2ccc(C(=O)NS(=O)(=O)c3ccc4ccccc4c3)cc2C(=O)N2Cc3ccccc3C[C@H]2CO)n1. The van der Waals surface area contributed by atoms with E-state index < -0.39 is 27.9 Å². The molecule has 5 aromatic rings. The number of nitrogens with zero attached hydrogens (tertiary/aromatic N) is 4. The summed E-state index contributed by atoms with van der Waals surface area (Å²) in [6, 6.07) is 23.8. The molecule has 1 aromatic heterocycles. The molecule has 2 amide bonds. The lowest BCUT2D eigenvalue weighted by molar-refractivity contribution is 0.0545. The molecule has 10 nitrogen and oxygen atoms in total. The fourth-order valence-corrected chi connectivity index (χ4v) is 7.91. The first kappa shape index (κ1) is 37.1. The lowest BCUT2D eigenvalue weighted by atomic mass is 9.92. The summed E-state index contributed by atoms with van der Waals surface area (Å²) in [4.78, 5) is 41.7. The van der Waals surface area contributed by atoms with Gasteiger partial charge in [-0.2, -0.15) is 0 Å². The number of aliphatic hydroxyl groups excluding tert-OH is 1. The number of fused-ring (bicyclic) bond motifs is 2. The predicted octanol–water partition coefficient (Wildman–Crippen LogP) is 7.14. The van der Waals surface area contributed by atoms with E-state index in [-0.39, 0.29) is 29.2 Å². The van der Waals surface area contributed by atoms with Gasteiger partial charge in [0.05, 0.1) is 27.7 Å². The van der Waals surface area contributed by atoms with Crippen molar-refractivity contribution >= 4 is 54.5 Å². The molecule has 0 saturated carbocycles. The molecule has 270 valence electrons. The number of hydrogen-bond donors (Lipinski definition) is 2. The van der Waals surface area contributed by atoms with Crippen LogP contribution < -0.4 is 9.62 Å². The Morgan fingerprint density at radius 3 is 2.33 bits per heavy atom. The average Bonchev–Trinajstić information content (AvgIpc) is 3.16. The molecule has 4 aromatic carbocycles. The zero-order valence-corrected chi connectivity index (χ0v) is 31.7. The third-order valence-corrected chi connectivity index (χ3v) is 11.3. The molecular formula is C40H42BrN5O5S. The van der Waals surface area contributed by atoms with Crippen LogP contribution in [-0.4, -0.2) is 65.9 Å². The minimum absolute atomic E-state index is 0.0210. The summed E-state index contributed by atoms with van der Waals surface area (Å²) < 4.78 is 29.6. The fourth-order valence-electron chi connectivity index (χ4n) is 6.50. The highest BCUT2D eigenvalue weighted by Gasteiger charge is 2.32. The fraction of sp³-hybridized carbons (Fsp3) is 0.300. The van der Waals surface area contributed by atoms with E-state index in [2.05, 4.69) is 44.4 Å². The van der Waals surface area contributed by atoms with Crippen LogP contribution >= 0.6 is 15.9 Å². The van der Waals surface area contributed by atoms with Gasteiger partial charge in [0, 0.05) is 42.5 Å². The third-order valence-electron chi connectivity index (χ3n) is 9.43. The number of aliphatic hydroxyl groups is 1. The first-order valence-corrected chi connectivity index (χ1v) is 19.9. The number of amides is 2. The topological polar surface area (TPSA) is 133 Å². The monoisotopic (exact) mass is 783 g/mol. The lowest BCUT2D eigenvalue weighted by Crippen LogP contribution is -2.46. The first-order chi connectivity index (χ1) is 25.1. The van der Waals surface area contributed by atoms with Crippen molar-refractivity contribution in [2.45, 2.75) is 63.4 Å². The molecule has 0 fully saturated rings. The number of hydrogen-bond acceptors (Lipinski definition) is 8. The lowest BCUT2D eigenvalue weighted by Gasteiger charge is -2.36. The van der Waals surface area contributed by atoms with E-state index >= 15 is 0 Å². The van der Waals surface area contributed by atoms with Crippen LogP contribution in [0.5, 0.6) is 0 Å². The number of anilines is 1. The van der Waals surface area contributed by atoms with Crippen LogP contribution in [0, 0.1) is 0 Å². The highest BCUT2D eigenvalue weighted by molar-refractivity contribution is 9.10. The summed E-state index contributed by atoms with van der Waals surface area (Å²) in [5.41, 5.74) is 3.04. The Morgan fingerprint density at radius 2 is 1.62 bits per heavy atom. The molecule has 12 heteroatoms. The van der Waals surface area contributed by atoms with Crippen LogP contribution in [0.15, 0.2) is 100 Å². The van der Waals surface area contributed by atoms with Crippen molar-refractivity contribution in [3.8, 4) is 11.3 Å². The van der Waals surface area contributed by atoms with Gasteiger partial charge in [-0.25, -0.2) is 23.1 Å². The Hall–Kier alpha value is -4.65. The number of rotatable bonds is 13. The van der Waals surface area contributed by atoms with Gasteiger partial charge in [0.2, 0.25) is 5.95 Å². The highest BCUT2D eigenvalue weighted by atomic mass is 79.9. The van der Waals surface area contributed by atoms with E-state index in [4.69, 9.17) is 4.98 Å². The number of benzene rings is 4. The number of carbonyl (C=O) groups is 2. The summed E-state index contributed by atoms with van der Waals surface area (Å²) in [6.07, 6.45) is 6.08. The van der Waals surface area contributed by atoms with E-state index in [9.17, 15) is 23.1 Å².